The number of fused-ring (bicyclic) bond motifs is 1. The maximum absolute atomic E-state index is 13.5. The molecular weight excluding hydrogens is 594 g/mol. The number of hydrogen-bond acceptors (Lipinski definition) is 7. The van der Waals surface area contributed by atoms with E-state index in [0.29, 0.717) is 5.56 Å². The normalized spacial score (nSPS) is 13.5. The van der Waals surface area contributed by atoms with E-state index in [0.717, 1.165) is 16.5 Å². The Balaban J connectivity index is 1.74. The summed E-state index contributed by atoms with van der Waals surface area (Å²) in [6.45, 7) is 0.161. The summed E-state index contributed by atoms with van der Waals surface area (Å²) in [5.41, 5.74) is 24.7. The predicted octanol–water partition coefficient (Wildman–Crippen LogP) is -0.861. The lowest BCUT2D eigenvalue weighted by atomic mass is 10.0. The van der Waals surface area contributed by atoms with Crippen LogP contribution in [0.4, 0.5) is 0 Å². The van der Waals surface area contributed by atoms with Gasteiger partial charge in [-0.1, -0.05) is 48.5 Å². The molecule has 0 saturated carbocycles. The van der Waals surface area contributed by atoms with Gasteiger partial charge in [-0.05, 0) is 42.9 Å². The lowest BCUT2D eigenvalue weighted by molar-refractivity contribution is -0.142. The lowest BCUT2D eigenvalue weighted by Gasteiger charge is -2.25. The number of rotatable bonds is 18. The number of carbonyl (C=O) groups is 5. The molecule has 0 radical (unpaired) electrons. The summed E-state index contributed by atoms with van der Waals surface area (Å²) in [5.74, 6) is -4.35. The highest BCUT2D eigenvalue weighted by molar-refractivity contribution is 5.94. The molecule has 0 fully saturated rings. The molecular formula is C31H41N9O6. The molecule has 4 amide bonds. The highest BCUT2D eigenvalue weighted by Gasteiger charge is 2.30. The van der Waals surface area contributed by atoms with Crippen LogP contribution in [-0.2, 0) is 36.8 Å². The van der Waals surface area contributed by atoms with Crippen molar-refractivity contribution in [3.05, 3.63) is 71.9 Å². The maximum Gasteiger partial charge on any atom is 0.326 e. The van der Waals surface area contributed by atoms with Gasteiger partial charge in [0.15, 0.2) is 5.96 Å². The van der Waals surface area contributed by atoms with E-state index in [9.17, 15) is 29.1 Å². The number of nitrogens with one attached hydrogen (secondary N) is 4. The fraction of sp³-hybridized carbons (Fsp3) is 0.355. The van der Waals surface area contributed by atoms with Crippen LogP contribution < -0.4 is 38.9 Å². The van der Waals surface area contributed by atoms with Gasteiger partial charge in [-0.2, -0.15) is 0 Å². The third-order valence-corrected chi connectivity index (χ3v) is 7.24. The van der Waals surface area contributed by atoms with Gasteiger partial charge in [0.2, 0.25) is 23.6 Å². The van der Waals surface area contributed by atoms with Gasteiger partial charge in [-0.3, -0.25) is 24.2 Å². The lowest BCUT2D eigenvalue weighted by Crippen LogP contribution is -2.57. The molecule has 15 nitrogen and oxygen atoms in total. The fourth-order valence-electron chi connectivity index (χ4n) is 4.83. The van der Waals surface area contributed by atoms with Crippen LogP contribution in [0.15, 0.2) is 65.8 Å². The first-order valence-corrected chi connectivity index (χ1v) is 14.8. The van der Waals surface area contributed by atoms with Crippen LogP contribution >= 0.6 is 0 Å². The van der Waals surface area contributed by atoms with Crippen LogP contribution in [0.2, 0.25) is 0 Å². The van der Waals surface area contributed by atoms with Crippen molar-refractivity contribution < 1.29 is 29.1 Å². The topological polar surface area (TPSA) is 274 Å². The van der Waals surface area contributed by atoms with E-state index in [1.54, 1.807) is 36.5 Å². The Bertz CT molecular complexity index is 1540. The minimum absolute atomic E-state index is 0.0177. The van der Waals surface area contributed by atoms with E-state index in [1.165, 1.54) is 0 Å². The van der Waals surface area contributed by atoms with Crippen molar-refractivity contribution in [2.45, 2.75) is 62.7 Å². The smallest absolute Gasteiger partial charge is 0.326 e. The number of carboxylic acids is 1. The zero-order valence-corrected chi connectivity index (χ0v) is 25.3. The Kier molecular flexibility index (Phi) is 13.1. The van der Waals surface area contributed by atoms with Gasteiger partial charge in [-0.15, -0.1) is 0 Å². The molecule has 1 heterocycles. The van der Waals surface area contributed by atoms with Gasteiger partial charge in [-0.25, -0.2) is 4.79 Å². The average molecular weight is 636 g/mol. The largest absolute Gasteiger partial charge is 0.480 e. The van der Waals surface area contributed by atoms with Crippen molar-refractivity contribution in [1.29, 1.82) is 0 Å². The van der Waals surface area contributed by atoms with Crippen molar-refractivity contribution in [2.24, 2.45) is 27.9 Å². The number of carbonyl (C=O) groups excluding carboxylic acids is 4. The summed E-state index contributed by atoms with van der Waals surface area (Å²) in [6.07, 6.45) is 1.80. The molecule has 13 N–H and O–H groups in total. The number of guanidine groups is 1. The number of nitrogens with zero attached hydrogens (tertiary/aromatic N) is 1. The molecule has 1 aromatic heterocycles. The standard InChI is InChI=1S/C31H41N9O6/c32-21(16-19-17-37-22-10-5-4-9-20(19)22)27(42)38-23(11-6-14-36-31(34)35)28(43)39-24(12-13-26(33)41)29(44)40-25(30(45)46)15-18-7-2-1-3-8-18/h1-5,7-10,17,21,23-25,37H,6,11-16,32H2,(H2,33,41)(H,38,42)(H,39,43)(H,40,44)(H,45,46)(H4,34,35,36). The van der Waals surface area contributed by atoms with E-state index >= 15 is 0 Å². The number of amides is 4. The van der Waals surface area contributed by atoms with Crippen LogP contribution in [0.5, 0.6) is 0 Å². The van der Waals surface area contributed by atoms with Crippen LogP contribution in [-0.4, -0.2) is 76.4 Å². The number of aliphatic imine (C=N–C) groups is 1. The monoisotopic (exact) mass is 635 g/mol. The summed E-state index contributed by atoms with van der Waals surface area (Å²) in [6, 6.07) is 11.4. The molecule has 3 aromatic rings. The van der Waals surface area contributed by atoms with Crippen molar-refractivity contribution in [3.8, 4) is 0 Å². The summed E-state index contributed by atoms with van der Waals surface area (Å²) in [5, 5.41) is 18.3. The molecule has 0 bridgehead atoms. The van der Waals surface area contributed by atoms with E-state index in [2.05, 4.69) is 25.9 Å². The van der Waals surface area contributed by atoms with Gasteiger partial charge in [0.1, 0.15) is 18.1 Å². The van der Waals surface area contributed by atoms with Crippen LogP contribution in [0.25, 0.3) is 10.9 Å². The van der Waals surface area contributed by atoms with Crippen LogP contribution in [0.1, 0.15) is 36.8 Å². The van der Waals surface area contributed by atoms with E-state index in [1.807, 2.05) is 24.3 Å². The summed E-state index contributed by atoms with van der Waals surface area (Å²) in [7, 11) is 0. The third-order valence-electron chi connectivity index (χ3n) is 7.24. The number of nitrogens with two attached hydrogens (primary N) is 4. The number of primary amides is 1. The van der Waals surface area contributed by atoms with Gasteiger partial charge in [0.25, 0.3) is 0 Å². The van der Waals surface area contributed by atoms with Crippen LogP contribution in [0.3, 0.4) is 0 Å². The second-order valence-electron chi connectivity index (χ2n) is 10.8. The van der Waals surface area contributed by atoms with Crippen molar-refractivity contribution in [3.63, 3.8) is 0 Å². The molecule has 4 atom stereocenters. The average Bonchev–Trinajstić information content (AvgIpc) is 3.42. The highest BCUT2D eigenvalue weighted by atomic mass is 16.4. The van der Waals surface area contributed by atoms with Gasteiger partial charge >= 0.3 is 5.97 Å². The van der Waals surface area contributed by atoms with E-state index in [4.69, 9.17) is 22.9 Å². The van der Waals surface area contributed by atoms with Gasteiger partial charge < -0.3 is 49.0 Å². The van der Waals surface area contributed by atoms with Gasteiger partial charge in [0.05, 0.1) is 6.04 Å². The Hall–Kier alpha value is -5.44. The zero-order valence-electron chi connectivity index (χ0n) is 25.3. The predicted molar refractivity (Wildman–Crippen MR) is 172 cm³/mol. The second kappa shape index (κ2) is 17.2. The molecule has 246 valence electrons. The van der Waals surface area contributed by atoms with E-state index in [-0.39, 0.29) is 51.0 Å². The Labute approximate surface area is 265 Å². The summed E-state index contributed by atoms with van der Waals surface area (Å²) in [4.78, 5) is 70.5. The Morgan fingerprint density at radius 3 is 2.04 bits per heavy atom. The Morgan fingerprint density at radius 1 is 0.783 bits per heavy atom. The number of H-pyrrole nitrogens is 1. The molecule has 0 saturated heterocycles. The summed E-state index contributed by atoms with van der Waals surface area (Å²) < 4.78 is 0. The minimum Gasteiger partial charge on any atom is -0.480 e. The van der Waals surface area contributed by atoms with Crippen LogP contribution in [0, 0.1) is 0 Å². The molecule has 0 aliphatic rings. The number of aromatic amines is 1. The molecule has 3 rings (SSSR count). The first-order chi connectivity index (χ1) is 21.9. The molecule has 0 aliphatic heterocycles. The molecule has 15 heteroatoms. The zero-order chi connectivity index (χ0) is 33.6. The second-order valence-corrected chi connectivity index (χ2v) is 10.8. The van der Waals surface area contributed by atoms with Crippen molar-refractivity contribution >= 4 is 46.5 Å². The minimum atomic E-state index is -1.34. The van der Waals surface area contributed by atoms with Crippen molar-refractivity contribution in [2.75, 3.05) is 6.54 Å². The third kappa shape index (κ3) is 10.9. The molecule has 2 aromatic carbocycles. The van der Waals surface area contributed by atoms with E-state index < -0.39 is 53.8 Å². The molecule has 0 aliphatic carbocycles. The van der Waals surface area contributed by atoms with Gasteiger partial charge in [0, 0.05) is 36.5 Å². The number of carboxylic acid groups (broad SMARTS) is 1. The Morgan fingerprint density at radius 2 is 1.39 bits per heavy atom. The SMILES string of the molecule is NC(=O)CCC(NC(=O)C(CCCN=C(N)N)NC(=O)C(N)Cc1c[nH]c2ccccc12)C(=O)NC(Cc1ccccc1)C(=O)O. The maximum atomic E-state index is 13.5. The highest BCUT2D eigenvalue weighted by Crippen LogP contribution is 2.19. The molecule has 4 unspecified atom stereocenters. The number of aromatic nitrogens is 1. The number of hydrogen-bond donors (Lipinski definition) is 9. The first kappa shape index (κ1) is 35.0. The quantitative estimate of drug-likeness (QED) is 0.0477. The van der Waals surface area contributed by atoms with Crippen molar-refractivity contribution in [1.82, 2.24) is 20.9 Å². The number of benzene rings is 2. The number of para-hydroxylation sites is 1. The number of aliphatic carboxylic acids is 1. The fourth-order valence-corrected chi connectivity index (χ4v) is 4.83. The molecule has 0 spiro atoms. The molecule has 46 heavy (non-hydrogen) atoms. The summed E-state index contributed by atoms with van der Waals surface area (Å²) >= 11 is 0. The first-order valence-electron chi connectivity index (χ1n) is 14.8.